The van der Waals surface area contributed by atoms with Gasteiger partial charge in [-0.3, -0.25) is 4.79 Å². The van der Waals surface area contributed by atoms with E-state index in [1.807, 2.05) is 6.92 Å². The van der Waals surface area contributed by atoms with Crippen molar-refractivity contribution in [3.8, 4) is 5.75 Å². The molecule has 0 aromatic heterocycles. The van der Waals surface area contributed by atoms with Gasteiger partial charge in [-0.05, 0) is 42.3 Å². The van der Waals surface area contributed by atoms with Crippen molar-refractivity contribution in [2.24, 2.45) is 0 Å². The van der Waals surface area contributed by atoms with Gasteiger partial charge >= 0.3 is 0 Å². The maximum atomic E-state index is 12.9. The highest BCUT2D eigenvalue weighted by Gasteiger charge is 2.20. The number of hydrogen-bond donors (Lipinski definition) is 1. The molecule has 1 amide bonds. The first kappa shape index (κ1) is 18.6. The Labute approximate surface area is 150 Å². The third-order valence-corrected chi connectivity index (χ3v) is 3.92. The molecule has 1 atom stereocenters. The molecule has 0 spiro atoms. The Morgan fingerprint density at radius 1 is 1.21 bits per heavy atom. The molecule has 1 unspecified atom stereocenters. The first-order valence-electron chi connectivity index (χ1n) is 7.63. The van der Waals surface area contributed by atoms with Crippen LogP contribution in [0, 0.1) is 5.82 Å². The van der Waals surface area contributed by atoms with Crippen LogP contribution in [0.5, 0.6) is 5.75 Å². The number of carbonyl (C=O) groups is 1. The number of amides is 1. The Balaban J connectivity index is 2.00. The van der Waals surface area contributed by atoms with Gasteiger partial charge in [-0.25, -0.2) is 4.39 Å². The molecule has 0 aliphatic carbocycles. The Morgan fingerprint density at radius 3 is 2.54 bits per heavy atom. The summed E-state index contributed by atoms with van der Waals surface area (Å²) < 4.78 is 18.6. The minimum absolute atomic E-state index is 0.243. The molecular weight excluding hydrogens is 352 g/mol. The third kappa shape index (κ3) is 5.39. The number of halogens is 3. The number of rotatable bonds is 7. The highest BCUT2D eigenvalue weighted by Crippen LogP contribution is 2.28. The van der Waals surface area contributed by atoms with Crippen molar-refractivity contribution < 1.29 is 13.9 Å². The molecule has 6 heteroatoms. The molecule has 128 valence electrons. The SMILES string of the molecule is CCCC(Oc1ccc(Cl)cc1Cl)C(=O)NCc1ccc(F)cc1. The Kier molecular flexibility index (Phi) is 6.88. The summed E-state index contributed by atoms with van der Waals surface area (Å²) >= 11 is 11.9. The van der Waals surface area contributed by atoms with Crippen molar-refractivity contribution in [2.75, 3.05) is 0 Å². The standard InChI is InChI=1S/C18H18Cl2FNO2/c1-2-3-17(24-16-9-6-13(19)10-15(16)20)18(23)22-11-12-4-7-14(21)8-5-12/h4-10,17H,2-3,11H2,1H3,(H,22,23). The van der Waals surface area contributed by atoms with Gasteiger partial charge in [0.05, 0.1) is 5.02 Å². The van der Waals surface area contributed by atoms with E-state index < -0.39 is 6.10 Å². The average molecular weight is 370 g/mol. The Bertz CT molecular complexity index is 692. The Morgan fingerprint density at radius 2 is 1.92 bits per heavy atom. The van der Waals surface area contributed by atoms with E-state index in [2.05, 4.69) is 5.32 Å². The van der Waals surface area contributed by atoms with Gasteiger partial charge in [0.15, 0.2) is 6.10 Å². The van der Waals surface area contributed by atoms with E-state index in [0.29, 0.717) is 28.8 Å². The lowest BCUT2D eigenvalue weighted by atomic mass is 10.1. The second-order valence-corrected chi connectivity index (χ2v) is 6.16. The quantitative estimate of drug-likeness (QED) is 0.745. The van der Waals surface area contributed by atoms with Crippen LogP contribution in [0.2, 0.25) is 10.0 Å². The smallest absolute Gasteiger partial charge is 0.261 e. The lowest BCUT2D eigenvalue weighted by molar-refractivity contribution is -0.128. The van der Waals surface area contributed by atoms with Crippen molar-refractivity contribution in [3.63, 3.8) is 0 Å². The lowest BCUT2D eigenvalue weighted by Crippen LogP contribution is -2.38. The highest BCUT2D eigenvalue weighted by atomic mass is 35.5. The molecule has 0 radical (unpaired) electrons. The molecular formula is C18H18Cl2FNO2. The van der Waals surface area contributed by atoms with Crippen molar-refractivity contribution in [1.82, 2.24) is 5.32 Å². The number of benzene rings is 2. The van der Waals surface area contributed by atoms with Crippen LogP contribution in [-0.4, -0.2) is 12.0 Å². The fourth-order valence-electron chi connectivity index (χ4n) is 2.14. The van der Waals surface area contributed by atoms with Gasteiger partial charge in [0, 0.05) is 11.6 Å². The zero-order valence-electron chi connectivity index (χ0n) is 13.2. The van der Waals surface area contributed by atoms with Gasteiger partial charge in [0.2, 0.25) is 0 Å². The minimum Gasteiger partial charge on any atom is -0.479 e. The molecule has 0 fully saturated rings. The van der Waals surface area contributed by atoms with E-state index in [-0.39, 0.29) is 11.7 Å². The van der Waals surface area contributed by atoms with E-state index in [4.69, 9.17) is 27.9 Å². The van der Waals surface area contributed by atoms with Crippen molar-refractivity contribution in [3.05, 3.63) is 63.9 Å². The predicted molar refractivity (Wildman–Crippen MR) is 94.0 cm³/mol. The van der Waals surface area contributed by atoms with Crippen LogP contribution in [-0.2, 0) is 11.3 Å². The molecule has 0 aliphatic heterocycles. The van der Waals surface area contributed by atoms with E-state index in [9.17, 15) is 9.18 Å². The fraction of sp³-hybridized carbons (Fsp3) is 0.278. The summed E-state index contributed by atoms with van der Waals surface area (Å²) in [7, 11) is 0. The molecule has 2 rings (SSSR count). The van der Waals surface area contributed by atoms with Crippen molar-refractivity contribution >= 4 is 29.1 Å². The molecule has 0 saturated carbocycles. The second-order valence-electron chi connectivity index (χ2n) is 5.31. The monoisotopic (exact) mass is 369 g/mol. The average Bonchev–Trinajstić information content (AvgIpc) is 2.56. The van der Waals surface area contributed by atoms with Gasteiger partial charge in [0.25, 0.3) is 5.91 Å². The van der Waals surface area contributed by atoms with E-state index in [1.165, 1.54) is 12.1 Å². The summed E-state index contributed by atoms with van der Waals surface area (Å²) in [6, 6.07) is 10.8. The molecule has 2 aromatic rings. The molecule has 0 saturated heterocycles. The van der Waals surface area contributed by atoms with Crippen LogP contribution >= 0.6 is 23.2 Å². The first-order valence-corrected chi connectivity index (χ1v) is 8.39. The van der Waals surface area contributed by atoms with Gasteiger partial charge in [0.1, 0.15) is 11.6 Å². The van der Waals surface area contributed by atoms with Gasteiger partial charge < -0.3 is 10.1 Å². The number of carbonyl (C=O) groups excluding carboxylic acids is 1. The van der Waals surface area contributed by atoms with Crippen LogP contribution in [0.25, 0.3) is 0 Å². The number of nitrogens with one attached hydrogen (secondary N) is 1. The number of hydrogen-bond acceptors (Lipinski definition) is 2. The summed E-state index contributed by atoms with van der Waals surface area (Å²) in [4.78, 5) is 12.4. The molecule has 0 heterocycles. The summed E-state index contributed by atoms with van der Waals surface area (Å²) in [5, 5.41) is 3.66. The van der Waals surface area contributed by atoms with Gasteiger partial charge in [-0.1, -0.05) is 48.7 Å². The van der Waals surface area contributed by atoms with Gasteiger partial charge in [-0.2, -0.15) is 0 Å². The third-order valence-electron chi connectivity index (χ3n) is 3.39. The topological polar surface area (TPSA) is 38.3 Å². The van der Waals surface area contributed by atoms with Crippen LogP contribution in [0.3, 0.4) is 0 Å². The maximum Gasteiger partial charge on any atom is 0.261 e. The van der Waals surface area contributed by atoms with Crippen LogP contribution in [0.4, 0.5) is 4.39 Å². The fourth-order valence-corrected chi connectivity index (χ4v) is 2.59. The van der Waals surface area contributed by atoms with Crippen molar-refractivity contribution in [1.29, 1.82) is 0 Å². The summed E-state index contributed by atoms with van der Waals surface area (Å²) in [6.45, 7) is 2.27. The largest absolute Gasteiger partial charge is 0.479 e. The maximum absolute atomic E-state index is 12.9. The van der Waals surface area contributed by atoms with Crippen LogP contribution in [0.1, 0.15) is 25.3 Å². The normalized spacial score (nSPS) is 11.8. The highest BCUT2D eigenvalue weighted by molar-refractivity contribution is 6.35. The zero-order chi connectivity index (χ0) is 17.5. The summed E-state index contributed by atoms with van der Waals surface area (Å²) in [5.41, 5.74) is 0.810. The predicted octanol–water partition coefficient (Wildman–Crippen LogP) is 5.00. The van der Waals surface area contributed by atoms with Crippen LogP contribution in [0.15, 0.2) is 42.5 Å². The zero-order valence-corrected chi connectivity index (χ0v) is 14.7. The Hall–Kier alpha value is -1.78. The van der Waals surface area contributed by atoms with Crippen LogP contribution < -0.4 is 10.1 Å². The first-order chi connectivity index (χ1) is 11.5. The molecule has 1 N–H and O–H groups in total. The summed E-state index contributed by atoms with van der Waals surface area (Å²) in [6.07, 6.45) is 0.669. The molecule has 2 aromatic carbocycles. The number of ether oxygens (including phenoxy) is 1. The lowest BCUT2D eigenvalue weighted by Gasteiger charge is -2.19. The van der Waals surface area contributed by atoms with E-state index in [1.54, 1.807) is 30.3 Å². The van der Waals surface area contributed by atoms with Crippen molar-refractivity contribution in [2.45, 2.75) is 32.4 Å². The second kappa shape index (κ2) is 8.90. The molecule has 24 heavy (non-hydrogen) atoms. The minimum atomic E-state index is -0.658. The molecule has 3 nitrogen and oxygen atoms in total. The van der Waals surface area contributed by atoms with Gasteiger partial charge in [-0.15, -0.1) is 0 Å². The molecule has 0 bridgehead atoms. The summed E-state index contributed by atoms with van der Waals surface area (Å²) in [5.74, 6) is -0.140. The van der Waals surface area contributed by atoms with E-state index >= 15 is 0 Å². The van der Waals surface area contributed by atoms with E-state index in [0.717, 1.165) is 12.0 Å². The molecule has 0 aliphatic rings.